The van der Waals surface area contributed by atoms with Crippen molar-refractivity contribution in [2.24, 2.45) is 0 Å². The van der Waals surface area contributed by atoms with Crippen LogP contribution in [0.3, 0.4) is 0 Å². The van der Waals surface area contributed by atoms with Crippen molar-refractivity contribution in [1.82, 2.24) is 9.62 Å². The molecule has 0 aliphatic heterocycles. The van der Waals surface area contributed by atoms with Gasteiger partial charge in [0, 0.05) is 23.8 Å². The van der Waals surface area contributed by atoms with E-state index in [4.69, 9.17) is 0 Å². The second-order valence-electron chi connectivity index (χ2n) is 4.10. The van der Waals surface area contributed by atoms with Gasteiger partial charge < -0.3 is 5.32 Å². The SMILES string of the molecule is CCCNCc1cc(S(=O)(=O)N(C)CC(F)F)cs1. The minimum absolute atomic E-state index is 0.0777. The number of nitrogens with one attached hydrogen (secondary N) is 1. The maximum Gasteiger partial charge on any atom is 0.252 e. The molecule has 0 spiro atoms. The van der Waals surface area contributed by atoms with E-state index in [1.165, 1.54) is 22.8 Å². The van der Waals surface area contributed by atoms with E-state index in [0.717, 1.165) is 24.9 Å². The molecule has 0 saturated heterocycles. The largest absolute Gasteiger partial charge is 0.312 e. The Hall–Kier alpha value is -0.570. The number of sulfonamides is 1. The summed E-state index contributed by atoms with van der Waals surface area (Å²) in [5, 5.41) is 4.65. The van der Waals surface area contributed by atoms with Crippen LogP contribution >= 0.6 is 11.3 Å². The lowest BCUT2D eigenvalue weighted by molar-refractivity contribution is 0.126. The molecule has 0 atom stereocenters. The standard InChI is InChI=1S/C11H18F2N2O2S2/c1-3-4-14-6-9-5-10(8-18-9)19(16,17)15(2)7-11(12)13/h5,8,11,14H,3-4,6-7H2,1-2H3. The summed E-state index contributed by atoms with van der Waals surface area (Å²) in [6, 6.07) is 1.53. The van der Waals surface area contributed by atoms with Crippen LogP contribution in [0.2, 0.25) is 0 Å². The third kappa shape index (κ3) is 4.79. The van der Waals surface area contributed by atoms with Crippen molar-refractivity contribution in [1.29, 1.82) is 0 Å². The Labute approximate surface area is 116 Å². The lowest BCUT2D eigenvalue weighted by Crippen LogP contribution is -2.31. The summed E-state index contributed by atoms with van der Waals surface area (Å²) >= 11 is 1.31. The minimum atomic E-state index is -3.81. The van der Waals surface area contributed by atoms with Gasteiger partial charge >= 0.3 is 0 Å². The number of nitrogens with zero attached hydrogens (tertiary/aromatic N) is 1. The van der Waals surface area contributed by atoms with Crippen LogP contribution in [-0.4, -0.2) is 39.3 Å². The Balaban J connectivity index is 2.73. The molecular weight excluding hydrogens is 294 g/mol. The van der Waals surface area contributed by atoms with Gasteiger partial charge in [0.2, 0.25) is 10.0 Å². The fraction of sp³-hybridized carbons (Fsp3) is 0.636. The number of alkyl halides is 2. The molecule has 0 radical (unpaired) electrons. The van der Waals surface area contributed by atoms with Crippen LogP contribution in [0.1, 0.15) is 18.2 Å². The molecule has 0 aliphatic rings. The van der Waals surface area contributed by atoms with Crippen LogP contribution in [0.25, 0.3) is 0 Å². The summed E-state index contributed by atoms with van der Waals surface area (Å²) in [5.74, 6) is 0. The summed E-state index contributed by atoms with van der Waals surface area (Å²) in [6.45, 7) is 2.69. The predicted molar refractivity (Wildman–Crippen MR) is 72.1 cm³/mol. The van der Waals surface area contributed by atoms with Crippen molar-refractivity contribution in [2.75, 3.05) is 20.1 Å². The lowest BCUT2D eigenvalue weighted by atomic mass is 10.4. The van der Waals surface area contributed by atoms with E-state index < -0.39 is 23.0 Å². The van der Waals surface area contributed by atoms with Crippen molar-refractivity contribution >= 4 is 21.4 Å². The third-order valence-corrected chi connectivity index (χ3v) is 5.35. The van der Waals surface area contributed by atoms with Gasteiger partial charge in [-0.25, -0.2) is 17.2 Å². The van der Waals surface area contributed by atoms with Gasteiger partial charge in [-0.1, -0.05) is 6.92 Å². The Morgan fingerprint density at radius 2 is 2.16 bits per heavy atom. The van der Waals surface area contributed by atoms with Gasteiger partial charge in [0.1, 0.15) is 0 Å². The highest BCUT2D eigenvalue weighted by atomic mass is 32.2. The van der Waals surface area contributed by atoms with E-state index >= 15 is 0 Å². The normalized spacial score (nSPS) is 12.5. The maximum absolute atomic E-state index is 12.2. The molecule has 0 aliphatic carbocycles. The van der Waals surface area contributed by atoms with Crippen molar-refractivity contribution in [3.8, 4) is 0 Å². The monoisotopic (exact) mass is 312 g/mol. The van der Waals surface area contributed by atoms with Crippen LogP contribution in [-0.2, 0) is 16.6 Å². The molecule has 0 saturated carbocycles. The average molecular weight is 312 g/mol. The quantitative estimate of drug-likeness (QED) is 0.748. The second kappa shape index (κ2) is 7.28. The first-order valence-electron chi connectivity index (χ1n) is 5.90. The van der Waals surface area contributed by atoms with Gasteiger partial charge in [-0.2, -0.15) is 4.31 Å². The molecular formula is C11H18F2N2O2S2. The van der Waals surface area contributed by atoms with Crippen molar-refractivity contribution < 1.29 is 17.2 Å². The number of hydrogen-bond acceptors (Lipinski definition) is 4. The van der Waals surface area contributed by atoms with Crippen LogP contribution in [0.4, 0.5) is 8.78 Å². The van der Waals surface area contributed by atoms with Crippen LogP contribution in [0, 0.1) is 0 Å². The first-order valence-corrected chi connectivity index (χ1v) is 8.22. The maximum atomic E-state index is 12.2. The fourth-order valence-electron chi connectivity index (χ4n) is 1.45. The molecule has 0 fully saturated rings. The topological polar surface area (TPSA) is 49.4 Å². The molecule has 0 bridgehead atoms. The van der Waals surface area contributed by atoms with E-state index in [9.17, 15) is 17.2 Å². The molecule has 1 aromatic rings. The Morgan fingerprint density at radius 3 is 2.74 bits per heavy atom. The van der Waals surface area contributed by atoms with E-state index in [1.54, 1.807) is 0 Å². The second-order valence-corrected chi connectivity index (χ2v) is 7.14. The molecule has 4 nitrogen and oxygen atoms in total. The summed E-state index contributed by atoms with van der Waals surface area (Å²) in [4.78, 5) is 0.950. The first kappa shape index (κ1) is 16.5. The molecule has 1 heterocycles. The van der Waals surface area contributed by atoms with Crippen LogP contribution in [0.5, 0.6) is 0 Å². The number of thiophene rings is 1. The Kier molecular flexibility index (Phi) is 6.31. The smallest absolute Gasteiger partial charge is 0.252 e. The molecule has 110 valence electrons. The fourth-order valence-corrected chi connectivity index (χ4v) is 3.83. The van der Waals surface area contributed by atoms with E-state index in [1.807, 2.05) is 6.92 Å². The molecule has 0 unspecified atom stereocenters. The van der Waals surface area contributed by atoms with Crippen molar-refractivity contribution in [3.63, 3.8) is 0 Å². The predicted octanol–water partition coefficient (Wildman–Crippen LogP) is 2.13. The highest BCUT2D eigenvalue weighted by Gasteiger charge is 2.24. The third-order valence-electron chi connectivity index (χ3n) is 2.46. The molecule has 1 aromatic heterocycles. The van der Waals surface area contributed by atoms with E-state index in [0.29, 0.717) is 10.8 Å². The highest BCUT2D eigenvalue weighted by Crippen LogP contribution is 2.22. The van der Waals surface area contributed by atoms with Crippen molar-refractivity contribution in [3.05, 3.63) is 16.3 Å². The zero-order valence-corrected chi connectivity index (χ0v) is 12.5. The Bertz CT molecular complexity index is 489. The van der Waals surface area contributed by atoms with Gasteiger partial charge in [0.05, 0.1) is 11.4 Å². The molecule has 1 rings (SSSR count). The summed E-state index contributed by atoms with van der Waals surface area (Å²) in [7, 11) is -2.65. The number of halogens is 2. The minimum Gasteiger partial charge on any atom is -0.312 e. The molecule has 0 amide bonds. The van der Waals surface area contributed by atoms with E-state index in [-0.39, 0.29) is 4.90 Å². The zero-order chi connectivity index (χ0) is 14.5. The zero-order valence-electron chi connectivity index (χ0n) is 10.9. The molecule has 8 heteroatoms. The summed E-state index contributed by atoms with van der Waals surface area (Å²) in [5.41, 5.74) is 0. The van der Waals surface area contributed by atoms with Gasteiger partial charge in [-0.05, 0) is 19.0 Å². The average Bonchev–Trinajstić information content (AvgIpc) is 2.78. The first-order chi connectivity index (χ1) is 8.87. The number of hydrogen-bond donors (Lipinski definition) is 1. The lowest BCUT2D eigenvalue weighted by Gasteiger charge is -2.15. The van der Waals surface area contributed by atoms with Gasteiger partial charge in [0.15, 0.2) is 0 Å². The molecule has 1 N–H and O–H groups in total. The summed E-state index contributed by atoms with van der Waals surface area (Å²) < 4.78 is 49.1. The van der Waals surface area contributed by atoms with Crippen molar-refractivity contribution in [2.45, 2.75) is 31.2 Å². The van der Waals surface area contributed by atoms with Gasteiger partial charge in [-0.15, -0.1) is 11.3 Å². The van der Waals surface area contributed by atoms with Gasteiger partial charge in [0.25, 0.3) is 6.43 Å². The van der Waals surface area contributed by atoms with Gasteiger partial charge in [-0.3, -0.25) is 0 Å². The van der Waals surface area contributed by atoms with E-state index in [2.05, 4.69) is 5.32 Å². The molecule has 0 aromatic carbocycles. The molecule has 19 heavy (non-hydrogen) atoms. The summed E-state index contributed by atoms with van der Waals surface area (Å²) in [6.07, 6.45) is -1.68. The van der Waals surface area contributed by atoms with Crippen LogP contribution in [0.15, 0.2) is 16.3 Å². The Morgan fingerprint density at radius 1 is 1.47 bits per heavy atom. The van der Waals surface area contributed by atoms with Crippen LogP contribution < -0.4 is 5.32 Å². The number of rotatable bonds is 8. The highest BCUT2D eigenvalue weighted by molar-refractivity contribution is 7.89.